The summed E-state index contributed by atoms with van der Waals surface area (Å²) in [7, 11) is 0. The first-order chi connectivity index (χ1) is 9.20. The van der Waals surface area contributed by atoms with Crippen molar-refractivity contribution in [2.75, 3.05) is 11.9 Å². The van der Waals surface area contributed by atoms with Crippen LogP contribution in [0.15, 0.2) is 35.1 Å². The highest BCUT2D eigenvalue weighted by molar-refractivity contribution is 6.02. The highest BCUT2D eigenvalue weighted by atomic mass is 16.3. The molecule has 0 atom stereocenters. The fraction of sp³-hybridized carbons (Fsp3) is 0.143. The highest BCUT2D eigenvalue weighted by Gasteiger charge is 2.13. The predicted molar refractivity (Wildman–Crippen MR) is 69.6 cm³/mol. The monoisotopic (exact) mass is 256 g/mol. The van der Waals surface area contributed by atoms with E-state index in [1.54, 1.807) is 31.2 Å². The smallest absolute Gasteiger partial charge is 0.293 e. The third-order valence-electron chi connectivity index (χ3n) is 2.38. The van der Waals surface area contributed by atoms with Crippen LogP contribution in [-0.4, -0.2) is 22.6 Å². The van der Waals surface area contributed by atoms with E-state index in [2.05, 4.69) is 22.1 Å². The number of rotatable bonds is 2. The van der Waals surface area contributed by atoms with Gasteiger partial charge in [0.15, 0.2) is 6.39 Å². The van der Waals surface area contributed by atoms with Crippen molar-refractivity contribution in [1.29, 1.82) is 0 Å². The Bertz CT molecular complexity index is 650. The first kappa shape index (κ1) is 12.9. The quantitative estimate of drug-likeness (QED) is 0.800. The molecular formula is C14H12N2O3. The Morgan fingerprint density at radius 3 is 3.05 bits per heavy atom. The maximum atomic E-state index is 11.9. The van der Waals surface area contributed by atoms with Crippen LogP contribution in [0.4, 0.5) is 5.69 Å². The molecule has 1 aromatic carbocycles. The van der Waals surface area contributed by atoms with Crippen molar-refractivity contribution in [3.63, 3.8) is 0 Å². The van der Waals surface area contributed by atoms with Crippen molar-refractivity contribution in [2.45, 2.75) is 6.92 Å². The zero-order valence-electron chi connectivity index (χ0n) is 10.3. The van der Waals surface area contributed by atoms with Gasteiger partial charge >= 0.3 is 0 Å². The van der Waals surface area contributed by atoms with Crippen molar-refractivity contribution in [1.82, 2.24) is 4.98 Å². The molecule has 0 saturated carbocycles. The van der Waals surface area contributed by atoms with Crippen LogP contribution in [0.2, 0.25) is 0 Å². The van der Waals surface area contributed by atoms with Crippen molar-refractivity contribution >= 4 is 11.6 Å². The molecule has 5 nitrogen and oxygen atoms in total. The molecule has 5 heteroatoms. The molecule has 19 heavy (non-hydrogen) atoms. The number of aliphatic hydroxyl groups excluding tert-OH is 1. The molecule has 2 rings (SSSR count). The number of hydrogen-bond acceptors (Lipinski definition) is 4. The van der Waals surface area contributed by atoms with Crippen LogP contribution in [0.1, 0.15) is 21.8 Å². The average molecular weight is 256 g/mol. The van der Waals surface area contributed by atoms with Gasteiger partial charge in [-0.2, -0.15) is 0 Å². The van der Waals surface area contributed by atoms with Crippen LogP contribution < -0.4 is 5.32 Å². The first-order valence-electron chi connectivity index (χ1n) is 5.62. The zero-order chi connectivity index (χ0) is 13.7. The summed E-state index contributed by atoms with van der Waals surface area (Å²) in [6.45, 7) is 1.50. The van der Waals surface area contributed by atoms with Crippen molar-refractivity contribution < 1.29 is 14.3 Å². The lowest BCUT2D eigenvalue weighted by Gasteiger charge is -2.03. The summed E-state index contributed by atoms with van der Waals surface area (Å²) in [6.07, 6.45) is 1.23. The fourth-order valence-corrected chi connectivity index (χ4v) is 1.52. The Labute approximate surface area is 110 Å². The number of anilines is 1. The second-order valence-electron chi connectivity index (χ2n) is 3.76. The second kappa shape index (κ2) is 5.85. The highest BCUT2D eigenvalue weighted by Crippen LogP contribution is 2.13. The van der Waals surface area contributed by atoms with Crippen LogP contribution in [-0.2, 0) is 0 Å². The van der Waals surface area contributed by atoms with Gasteiger partial charge in [0.05, 0.1) is 5.69 Å². The van der Waals surface area contributed by atoms with Gasteiger partial charge in [0.1, 0.15) is 6.61 Å². The van der Waals surface area contributed by atoms with Crippen LogP contribution in [0, 0.1) is 18.8 Å². The molecule has 1 amide bonds. The van der Waals surface area contributed by atoms with Gasteiger partial charge in [-0.25, -0.2) is 4.98 Å². The number of aliphatic hydroxyl groups is 1. The fourth-order valence-electron chi connectivity index (χ4n) is 1.52. The van der Waals surface area contributed by atoms with Gasteiger partial charge in [-0.1, -0.05) is 17.9 Å². The van der Waals surface area contributed by atoms with E-state index in [1.165, 1.54) is 6.39 Å². The van der Waals surface area contributed by atoms with Crippen molar-refractivity contribution in [3.05, 3.63) is 47.7 Å². The Morgan fingerprint density at radius 1 is 1.53 bits per heavy atom. The number of nitrogens with zero attached hydrogens (tertiary/aromatic N) is 1. The topological polar surface area (TPSA) is 75.4 Å². The lowest BCUT2D eigenvalue weighted by Crippen LogP contribution is -2.12. The molecule has 2 aromatic rings. The molecule has 0 saturated heterocycles. The molecule has 0 aliphatic rings. The molecule has 96 valence electrons. The molecule has 0 unspecified atom stereocenters. The molecule has 0 fully saturated rings. The molecule has 0 bridgehead atoms. The van der Waals surface area contributed by atoms with Gasteiger partial charge in [0, 0.05) is 11.3 Å². The van der Waals surface area contributed by atoms with E-state index >= 15 is 0 Å². The largest absolute Gasteiger partial charge is 0.438 e. The van der Waals surface area contributed by atoms with Gasteiger partial charge in [0.2, 0.25) is 5.76 Å². The number of nitrogens with one attached hydrogen (secondary N) is 1. The molecule has 0 spiro atoms. The lowest BCUT2D eigenvalue weighted by molar-refractivity contribution is 0.0996. The van der Waals surface area contributed by atoms with E-state index < -0.39 is 0 Å². The maximum Gasteiger partial charge on any atom is 0.293 e. The number of carbonyl (C=O) groups is 1. The Balaban J connectivity index is 2.15. The second-order valence-corrected chi connectivity index (χ2v) is 3.76. The minimum absolute atomic E-state index is 0.187. The number of amides is 1. The number of aromatic nitrogens is 1. The number of oxazole rings is 1. The molecular weight excluding hydrogens is 244 g/mol. The predicted octanol–water partition coefficient (Wildman–Crippen LogP) is 1.58. The van der Waals surface area contributed by atoms with Gasteiger partial charge in [-0.3, -0.25) is 4.79 Å². The zero-order valence-corrected chi connectivity index (χ0v) is 10.3. The van der Waals surface area contributed by atoms with Gasteiger partial charge in [-0.15, -0.1) is 0 Å². The van der Waals surface area contributed by atoms with Gasteiger partial charge in [-0.05, 0) is 25.1 Å². The lowest BCUT2D eigenvalue weighted by atomic mass is 10.2. The normalized spacial score (nSPS) is 9.58. The summed E-state index contributed by atoms with van der Waals surface area (Å²) in [6, 6.07) is 7.02. The summed E-state index contributed by atoms with van der Waals surface area (Å²) in [5, 5.41) is 11.3. The third-order valence-corrected chi connectivity index (χ3v) is 2.38. The molecule has 0 aliphatic heterocycles. The maximum absolute atomic E-state index is 11.9. The third kappa shape index (κ3) is 3.21. The van der Waals surface area contributed by atoms with E-state index in [-0.39, 0.29) is 18.3 Å². The first-order valence-corrected chi connectivity index (χ1v) is 5.62. The van der Waals surface area contributed by atoms with Crippen LogP contribution in [0.5, 0.6) is 0 Å². The Hall–Kier alpha value is -2.58. The number of aryl methyl sites for hydroxylation is 1. The molecule has 2 N–H and O–H groups in total. The SMILES string of the molecule is Cc1ncoc1C(=O)Nc1cccc(C#CCO)c1. The van der Waals surface area contributed by atoms with E-state index in [9.17, 15) is 4.79 Å². The molecule has 1 aromatic heterocycles. The van der Waals surface area contributed by atoms with E-state index in [0.717, 1.165) is 0 Å². The average Bonchev–Trinajstić information content (AvgIpc) is 2.83. The molecule has 0 aliphatic carbocycles. The Kier molecular flexibility index (Phi) is 3.96. The van der Waals surface area contributed by atoms with Gasteiger partial charge < -0.3 is 14.8 Å². The standard InChI is InChI=1S/C14H12N2O3/c1-10-13(19-9-15-10)14(18)16-12-6-2-4-11(8-12)5-3-7-17/h2,4,6,8-9,17H,7H2,1H3,(H,16,18). The van der Waals surface area contributed by atoms with Crippen molar-refractivity contribution in [2.24, 2.45) is 0 Å². The minimum Gasteiger partial charge on any atom is -0.438 e. The van der Waals surface area contributed by atoms with Crippen LogP contribution >= 0.6 is 0 Å². The molecule has 0 radical (unpaired) electrons. The van der Waals surface area contributed by atoms with Crippen molar-refractivity contribution in [3.8, 4) is 11.8 Å². The Morgan fingerprint density at radius 2 is 2.37 bits per heavy atom. The van der Waals surface area contributed by atoms with E-state index in [0.29, 0.717) is 16.9 Å². The van der Waals surface area contributed by atoms with Gasteiger partial charge in [0.25, 0.3) is 5.91 Å². The number of benzene rings is 1. The van der Waals surface area contributed by atoms with Crippen LogP contribution in [0.25, 0.3) is 0 Å². The minimum atomic E-state index is -0.359. The number of carbonyl (C=O) groups excluding carboxylic acids is 1. The summed E-state index contributed by atoms with van der Waals surface area (Å²) < 4.78 is 5.01. The summed E-state index contributed by atoms with van der Waals surface area (Å²) >= 11 is 0. The number of hydrogen-bond donors (Lipinski definition) is 2. The summed E-state index contributed by atoms with van der Waals surface area (Å²) in [5.41, 5.74) is 1.85. The van der Waals surface area contributed by atoms with Crippen LogP contribution in [0.3, 0.4) is 0 Å². The van der Waals surface area contributed by atoms with E-state index in [4.69, 9.17) is 9.52 Å². The van der Waals surface area contributed by atoms with E-state index in [1.807, 2.05) is 0 Å². The summed E-state index contributed by atoms with van der Waals surface area (Å²) in [5.74, 6) is 5.14. The molecule has 1 heterocycles. The summed E-state index contributed by atoms with van der Waals surface area (Å²) in [4.78, 5) is 15.8.